The molecule has 0 unspecified atom stereocenters. The van der Waals surface area contributed by atoms with E-state index in [1.807, 2.05) is 24.3 Å². The minimum Gasteiger partial charge on any atom is -0.351 e. The van der Waals surface area contributed by atoms with Gasteiger partial charge in [0.15, 0.2) is 5.11 Å². The average molecular weight is 380 g/mol. The molecule has 1 aliphatic heterocycles. The van der Waals surface area contributed by atoms with Crippen LogP contribution in [0.1, 0.15) is 34.7 Å². The van der Waals surface area contributed by atoms with E-state index in [0.29, 0.717) is 10.7 Å². The molecule has 3 aromatic rings. The summed E-state index contributed by atoms with van der Waals surface area (Å²) >= 11 is 5.69. The number of hydrogen-bond donors (Lipinski definition) is 1. The molecule has 0 radical (unpaired) electrons. The van der Waals surface area contributed by atoms with E-state index in [2.05, 4.69) is 45.9 Å². The summed E-state index contributed by atoms with van der Waals surface area (Å²) in [5.41, 5.74) is 4.67. The number of rotatable bonds is 3. The highest BCUT2D eigenvalue weighted by molar-refractivity contribution is 7.80. The van der Waals surface area contributed by atoms with Crippen molar-refractivity contribution in [3.8, 4) is 0 Å². The molecule has 0 saturated carbocycles. The third-order valence-electron chi connectivity index (χ3n) is 5.23. The highest BCUT2D eigenvalue weighted by atomic mass is 32.1. The van der Waals surface area contributed by atoms with Crippen molar-refractivity contribution in [1.29, 1.82) is 0 Å². The molecule has 4 nitrogen and oxygen atoms in total. The Morgan fingerprint density at radius 3 is 2.56 bits per heavy atom. The van der Waals surface area contributed by atoms with Gasteiger partial charge in [-0.1, -0.05) is 6.07 Å². The molecule has 3 heterocycles. The molecular weight excluding hydrogens is 359 g/mol. The molecule has 0 bridgehead atoms. The van der Waals surface area contributed by atoms with Crippen LogP contribution < -0.4 is 10.2 Å². The van der Waals surface area contributed by atoms with Gasteiger partial charge in [0.2, 0.25) is 0 Å². The maximum Gasteiger partial charge on any atom is 0.174 e. The Kier molecular flexibility index (Phi) is 4.44. The largest absolute Gasteiger partial charge is 0.351 e. The topological polar surface area (TPSA) is 33.1 Å². The third-order valence-corrected chi connectivity index (χ3v) is 5.55. The van der Waals surface area contributed by atoms with Gasteiger partial charge in [0.25, 0.3) is 0 Å². The molecule has 2 aromatic heterocycles. The standard InChI is InChI=1S/C21H21FN4S/c1-13-12-15(8-9-16(13)22)26-20(18-10-7-14(2)25(18)3)19(24-21(26)27)17-6-4-5-11-23-17/h4-12,19-20H,1-3H3,(H,24,27)/t19-,20+/m0/s1. The number of anilines is 1. The van der Waals surface area contributed by atoms with Crippen molar-refractivity contribution >= 4 is 23.0 Å². The maximum absolute atomic E-state index is 13.8. The van der Waals surface area contributed by atoms with Gasteiger partial charge in [0.05, 0.1) is 11.7 Å². The Morgan fingerprint density at radius 1 is 1.11 bits per heavy atom. The van der Waals surface area contributed by atoms with Gasteiger partial charge in [0, 0.05) is 30.3 Å². The SMILES string of the molecule is Cc1cc(N2C(=S)N[C@@H](c3ccccn3)[C@H]2c2ccc(C)n2C)ccc1F. The van der Waals surface area contributed by atoms with E-state index in [1.54, 1.807) is 19.2 Å². The molecule has 4 rings (SSSR count). The monoisotopic (exact) mass is 380 g/mol. The van der Waals surface area contributed by atoms with Crippen LogP contribution in [0.5, 0.6) is 0 Å². The van der Waals surface area contributed by atoms with Gasteiger partial charge in [0.1, 0.15) is 11.9 Å². The highest BCUT2D eigenvalue weighted by Crippen LogP contribution is 2.42. The van der Waals surface area contributed by atoms with E-state index >= 15 is 0 Å². The van der Waals surface area contributed by atoms with Gasteiger partial charge in [-0.3, -0.25) is 4.98 Å². The first-order valence-electron chi connectivity index (χ1n) is 8.86. The van der Waals surface area contributed by atoms with Gasteiger partial charge in [-0.25, -0.2) is 4.39 Å². The second-order valence-electron chi connectivity index (χ2n) is 6.89. The van der Waals surface area contributed by atoms with Crippen LogP contribution in [0.3, 0.4) is 0 Å². The molecular formula is C21H21FN4S. The zero-order valence-electron chi connectivity index (χ0n) is 15.5. The molecule has 1 fully saturated rings. The second kappa shape index (κ2) is 6.78. The Bertz CT molecular complexity index is 999. The number of aryl methyl sites for hydroxylation is 2. The molecule has 1 aromatic carbocycles. The fraction of sp³-hybridized carbons (Fsp3) is 0.238. The van der Waals surface area contributed by atoms with Gasteiger partial charge < -0.3 is 14.8 Å². The fourth-order valence-corrected chi connectivity index (χ4v) is 3.99. The van der Waals surface area contributed by atoms with Gasteiger partial charge in [-0.2, -0.15) is 0 Å². The normalized spacial score (nSPS) is 19.4. The van der Waals surface area contributed by atoms with Crippen LogP contribution >= 0.6 is 12.2 Å². The number of hydrogen-bond acceptors (Lipinski definition) is 2. The number of halogens is 1. The molecule has 0 spiro atoms. The lowest BCUT2D eigenvalue weighted by molar-refractivity contribution is 0.538. The van der Waals surface area contributed by atoms with Crippen molar-refractivity contribution in [2.45, 2.75) is 25.9 Å². The predicted molar refractivity (Wildman–Crippen MR) is 109 cm³/mol. The summed E-state index contributed by atoms with van der Waals surface area (Å²) in [6, 6.07) is 15.0. The summed E-state index contributed by atoms with van der Waals surface area (Å²) in [5, 5.41) is 4.04. The van der Waals surface area contributed by atoms with Crippen molar-refractivity contribution in [2.24, 2.45) is 7.05 Å². The number of pyridine rings is 1. The molecule has 138 valence electrons. The van der Waals surface area contributed by atoms with Crippen LogP contribution in [0.15, 0.2) is 54.7 Å². The second-order valence-corrected chi connectivity index (χ2v) is 7.28. The van der Waals surface area contributed by atoms with Crippen molar-refractivity contribution < 1.29 is 4.39 Å². The summed E-state index contributed by atoms with van der Waals surface area (Å²) in [6.45, 7) is 3.84. The Balaban J connectivity index is 1.87. The lowest BCUT2D eigenvalue weighted by Crippen LogP contribution is -2.30. The Morgan fingerprint density at radius 2 is 1.93 bits per heavy atom. The molecule has 6 heteroatoms. The molecule has 1 aliphatic rings. The number of benzene rings is 1. The summed E-state index contributed by atoms with van der Waals surface area (Å²) < 4.78 is 16.0. The Labute approximate surface area is 163 Å². The van der Waals surface area contributed by atoms with E-state index in [4.69, 9.17) is 12.2 Å². The number of nitrogens with zero attached hydrogens (tertiary/aromatic N) is 3. The minimum absolute atomic E-state index is 0.0871. The first-order valence-corrected chi connectivity index (χ1v) is 9.27. The first-order chi connectivity index (χ1) is 13.0. The molecule has 1 N–H and O–H groups in total. The smallest absolute Gasteiger partial charge is 0.174 e. The van der Waals surface area contributed by atoms with Gasteiger partial charge >= 0.3 is 0 Å². The molecule has 1 saturated heterocycles. The maximum atomic E-state index is 13.8. The van der Waals surface area contributed by atoms with Gasteiger partial charge in [-0.15, -0.1) is 0 Å². The summed E-state index contributed by atoms with van der Waals surface area (Å²) in [7, 11) is 2.05. The molecule has 27 heavy (non-hydrogen) atoms. The number of thiocarbonyl (C=S) groups is 1. The summed E-state index contributed by atoms with van der Waals surface area (Å²) in [4.78, 5) is 6.61. The van der Waals surface area contributed by atoms with Gasteiger partial charge in [-0.05, 0) is 74.1 Å². The minimum atomic E-state index is -0.218. The Hall–Kier alpha value is -2.73. The molecule has 0 amide bonds. The zero-order chi connectivity index (χ0) is 19.1. The van der Waals surface area contributed by atoms with Crippen LogP contribution in [-0.2, 0) is 7.05 Å². The van der Waals surface area contributed by atoms with Crippen molar-refractivity contribution in [3.05, 3.63) is 83.2 Å². The number of aromatic nitrogens is 2. The van der Waals surface area contributed by atoms with Crippen LogP contribution in [0.25, 0.3) is 0 Å². The fourth-order valence-electron chi connectivity index (χ4n) is 3.64. The van der Waals surface area contributed by atoms with Crippen molar-refractivity contribution in [2.75, 3.05) is 4.90 Å². The van der Waals surface area contributed by atoms with Crippen molar-refractivity contribution in [3.63, 3.8) is 0 Å². The van der Waals surface area contributed by atoms with Crippen LogP contribution in [0, 0.1) is 19.7 Å². The first kappa shape index (κ1) is 17.7. The van der Waals surface area contributed by atoms with Crippen molar-refractivity contribution in [1.82, 2.24) is 14.9 Å². The third kappa shape index (κ3) is 3.00. The van der Waals surface area contributed by atoms with Crippen LogP contribution in [0.2, 0.25) is 0 Å². The predicted octanol–water partition coefficient (Wildman–Crippen LogP) is 4.35. The lowest BCUT2D eigenvalue weighted by atomic mass is 10.0. The molecule has 0 aliphatic carbocycles. The molecule has 2 atom stereocenters. The van der Waals surface area contributed by atoms with E-state index in [0.717, 1.165) is 22.8 Å². The summed E-state index contributed by atoms with van der Waals surface area (Å²) in [6.07, 6.45) is 1.79. The van der Waals surface area contributed by atoms with Crippen LogP contribution in [0.4, 0.5) is 10.1 Å². The average Bonchev–Trinajstić information content (AvgIpc) is 3.18. The highest BCUT2D eigenvalue weighted by Gasteiger charge is 2.42. The van der Waals surface area contributed by atoms with Crippen LogP contribution in [-0.4, -0.2) is 14.7 Å². The quantitative estimate of drug-likeness (QED) is 0.685. The van der Waals surface area contributed by atoms with E-state index in [-0.39, 0.29) is 17.9 Å². The number of nitrogens with one attached hydrogen (secondary N) is 1. The van der Waals surface area contributed by atoms with E-state index < -0.39 is 0 Å². The summed E-state index contributed by atoms with van der Waals surface area (Å²) in [5.74, 6) is -0.218. The zero-order valence-corrected chi connectivity index (χ0v) is 16.3. The van der Waals surface area contributed by atoms with E-state index in [1.165, 1.54) is 6.07 Å². The lowest BCUT2D eigenvalue weighted by Gasteiger charge is -2.28. The van der Waals surface area contributed by atoms with E-state index in [9.17, 15) is 4.39 Å².